The van der Waals surface area contributed by atoms with Crippen LogP contribution in [-0.4, -0.2) is 55.7 Å². The maximum atomic E-state index is 12.7. The second-order valence-corrected chi connectivity index (χ2v) is 8.22. The molecule has 0 amide bonds. The van der Waals surface area contributed by atoms with Crippen LogP contribution < -0.4 is 0 Å². The number of hydrogen-bond donors (Lipinski definition) is 1. The molecular formula is C27H36O8. The van der Waals surface area contributed by atoms with Crippen LogP contribution in [0.1, 0.15) is 51.5 Å². The Morgan fingerprint density at radius 2 is 1.60 bits per heavy atom. The second-order valence-electron chi connectivity index (χ2n) is 8.22. The van der Waals surface area contributed by atoms with E-state index in [9.17, 15) is 19.5 Å². The molecule has 0 saturated carbocycles. The SMILES string of the molecule is CCCCOC(=O)C(C(=O)OCC)C(OC)(OCCCCCc1ccc2ccccc2c1)C(=O)O. The lowest BCUT2D eigenvalue weighted by Crippen LogP contribution is -2.57. The molecule has 2 unspecified atom stereocenters. The van der Waals surface area contributed by atoms with Gasteiger partial charge < -0.3 is 24.1 Å². The lowest BCUT2D eigenvalue weighted by atomic mass is 9.97. The summed E-state index contributed by atoms with van der Waals surface area (Å²) in [5.74, 6) is -8.14. The number of ether oxygens (including phenoxy) is 4. The molecule has 8 heteroatoms. The van der Waals surface area contributed by atoms with E-state index >= 15 is 0 Å². The van der Waals surface area contributed by atoms with Crippen LogP contribution in [0.3, 0.4) is 0 Å². The molecule has 1 N–H and O–H groups in total. The van der Waals surface area contributed by atoms with Gasteiger partial charge in [0.15, 0.2) is 0 Å². The van der Waals surface area contributed by atoms with Crippen LogP contribution in [0.4, 0.5) is 0 Å². The van der Waals surface area contributed by atoms with Gasteiger partial charge in [-0.3, -0.25) is 9.59 Å². The summed E-state index contributed by atoms with van der Waals surface area (Å²) in [4.78, 5) is 37.4. The van der Waals surface area contributed by atoms with Crippen molar-refractivity contribution in [2.45, 2.75) is 58.2 Å². The topological polar surface area (TPSA) is 108 Å². The molecule has 8 nitrogen and oxygen atoms in total. The van der Waals surface area contributed by atoms with E-state index in [2.05, 4.69) is 30.3 Å². The van der Waals surface area contributed by atoms with E-state index in [1.54, 1.807) is 6.92 Å². The third kappa shape index (κ3) is 7.77. The summed E-state index contributed by atoms with van der Waals surface area (Å²) in [6.07, 6.45) is 4.36. The van der Waals surface area contributed by atoms with Crippen LogP contribution in [0.5, 0.6) is 0 Å². The van der Waals surface area contributed by atoms with Gasteiger partial charge in [0.1, 0.15) is 0 Å². The first-order valence-corrected chi connectivity index (χ1v) is 12.1. The highest BCUT2D eigenvalue weighted by atomic mass is 16.7. The molecule has 0 radical (unpaired) electrons. The van der Waals surface area contributed by atoms with Crippen molar-refractivity contribution < 1.29 is 38.4 Å². The lowest BCUT2D eigenvalue weighted by Gasteiger charge is -2.32. The summed E-state index contributed by atoms with van der Waals surface area (Å²) >= 11 is 0. The van der Waals surface area contributed by atoms with E-state index in [-0.39, 0.29) is 19.8 Å². The lowest BCUT2D eigenvalue weighted by molar-refractivity contribution is -0.259. The fourth-order valence-corrected chi connectivity index (χ4v) is 3.79. The molecule has 35 heavy (non-hydrogen) atoms. The third-order valence-corrected chi connectivity index (χ3v) is 5.72. The molecule has 0 fully saturated rings. The molecule has 0 aliphatic carbocycles. The highest BCUT2D eigenvalue weighted by Crippen LogP contribution is 2.28. The molecule has 2 atom stereocenters. The molecule has 192 valence electrons. The van der Waals surface area contributed by atoms with Gasteiger partial charge in [0.2, 0.25) is 5.92 Å². The number of carbonyl (C=O) groups is 3. The van der Waals surface area contributed by atoms with Crippen molar-refractivity contribution in [3.05, 3.63) is 48.0 Å². The Kier molecular flexibility index (Phi) is 11.7. The molecule has 0 heterocycles. The Labute approximate surface area is 206 Å². The average molecular weight is 489 g/mol. The predicted molar refractivity (Wildman–Crippen MR) is 131 cm³/mol. The van der Waals surface area contributed by atoms with Crippen molar-refractivity contribution >= 4 is 28.7 Å². The molecule has 0 aliphatic heterocycles. The van der Waals surface area contributed by atoms with Gasteiger partial charge in [-0.05, 0) is 48.9 Å². The average Bonchev–Trinajstić information content (AvgIpc) is 2.85. The van der Waals surface area contributed by atoms with Gasteiger partial charge in [-0.1, -0.05) is 62.2 Å². The van der Waals surface area contributed by atoms with Crippen LogP contribution in [0, 0.1) is 5.92 Å². The van der Waals surface area contributed by atoms with Crippen LogP contribution in [0.25, 0.3) is 10.8 Å². The van der Waals surface area contributed by atoms with Gasteiger partial charge in [0, 0.05) is 7.11 Å². The minimum Gasteiger partial charge on any atom is -0.477 e. The fraction of sp³-hybridized carbons (Fsp3) is 0.519. The molecule has 2 aromatic rings. The Bertz CT molecular complexity index is 973. The maximum absolute atomic E-state index is 12.7. The third-order valence-electron chi connectivity index (χ3n) is 5.72. The van der Waals surface area contributed by atoms with Crippen molar-refractivity contribution in [1.82, 2.24) is 0 Å². The number of benzene rings is 2. The Hall–Kier alpha value is -2.97. The van der Waals surface area contributed by atoms with Crippen LogP contribution in [-0.2, 0) is 39.8 Å². The zero-order valence-electron chi connectivity index (χ0n) is 20.8. The summed E-state index contributed by atoms with van der Waals surface area (Å²) in [6.45, 7) is 3.47. The van der Waals surface area contributed by atoms with Gasteiger partial charge >= 0.3 is 17.9 Å². The number of aliphatic carboxylic acids is 1. The predicted octanol–water partition coefficient (Wildman–Crippen LogP) is 4.52. The van der Waals surface area contributed by atoms with Crippen molar-refractivity contribution in [3.8, 4) is 0 Å². The van der Waals surface area contributed by atoms with E-state index in [4.69, 9.17) is 18.9 Å². The monoisotopic (exact) mass is 488 g/mol. The van der Waals surface area contributed by atoms with Gasteiger partial charge in [0.05, 0.1) is 19.8 Å². The Morgan fingerprint density at radius 3 is 2.26 bits per heavy atom. The quantitative estimate of drug-likeness (QED) is 0.159. The van der Waals surface area contributed by atoms with E-state index in [0.29, 0.717) is 12.8 Å². The minimum absolute atomic E-state index is 0.0179. The molecule has 0 bridgehead atoms. The van der Waals surface area contributed by atoms with Crippen LogP contribution in [0.15, 0.2) is 42.5 Å². The first-order chi connectivity index (χ1) is 16.9. The van der Waals surface area contributed by atoms with E-state index < -0.39 is 29.6 Å². The second kappa shape index (κ2) is 14.4. The maximum Gasteiger partial charge on any atom is 0.366 e. The highest BCUT2D eigenvalue weighted by Gasteiger charge is 2.57. The zero-order valence-corrected chi connectivity index (χ0v) is 20.8. The molecule has 0 spiro atoms. The van der Waals surface area contributed by atoms with Crippen LogP contribution in [0.2, 0.25) is 0 Å². The number of methoxy groups -OCH3 is 1. The van der Waals surface area contributed by atoms with Crippen molar-refractivity contribution in [2.75, 3.05) is 26.9 Å². The van der Waals surface area contributed by atoms with E-state index in [1.807, 2.05) is 19.1 Å². The molecule has 0 aliphatic rings. The van der Waals surface area contributed by atoms with Gasteiger partial charge in [-0.15, -0.1) is 0 Å². The van der Waals surface area contributed by atoms with Crippen molar-refractivity contribution in [1.29, 1.82) is 0 Å². The summed E-state index contributed by atoms with van der Waals surface area (Å²) in [6, 6.07) is 14.5. The fourth-order valence-electron chi connectivity index (χ4n) is 3.79. The van der Waals surface area contributed by atoms with E-state index in [0.717, 1.165) is 32.8 Å². The minimum atomic E-state index is -2.53. The Morgan fingerprint density at radius 1 is 0.886 bits per heavy atom. The molecule has 0 aromatic heterocycles. The first-order valence-electron chi connectivity index (χ1n) is 12.1. The number of fused-ring (bicyclic) bond motifs is 1. The smallest absolute Gasteiger partial charge is 0.366 e. The number of rotatable bonds is 16. The van der Waals surface area contributed by atoms with E-state index in [1.165, 1.54) is 16.3 Å². The number of hydrogen-bond acceptors (Lipinski definition) is 7. The largest absolute Gasteiger partial charge is 0.477 e. The number of unbranched alkanes of at least 4 members (excludes halogenated alkanes) is 3. The van der Waals surface area contributed by atoms with Gasteiger partial charge in [-0.2, -0.15) is 0 Å². The summed E-state index contributed by atoms with van der Waals surface area (Å²) < 4.78 is 20.8. The van der Waals surface area contributed by atoms with Crippen molar-refractivity contribution in [2.24, 2.45) is 5.92 Å². The standard InChI is InChI=1S/C27H36O8/c1-4-6-17-34-25(29)23(24(28)33-5-2)27(32-3,26(30)31)35-18-11-7-8-12-20-15-16-21-13-9-10-14-22(21)19-20/h9-10,13-16,19,23H,4-8,11-12,17-18H2,1-3H3,(H,30,31). The number of carboxylic acid groups (broad SMARTS) is 1. The zero-order chi connectivity index (χ0) is 25.7. The highest BCUT2D eigenvalue weighted by molar-refractivity contribution is 6.01. The molecule has 2 aromatic carbocycles. The van der Waals surface area contributed by atoms with Crippen molar-refractivity contribution in [3.63, 3.8) is 0 Å². The normalized spacial score (nSPS) is 13.7. The number of carbonyl (C=O) groups excluding carboxylic acids is 2. The first kappa shape index (κ1) is 28.3. The number of aryl methyl sites for hydroxylation is 1. The van der Waals surface area contributed by atoms with Crippen LogP contribution >= 0.6 is 0 Å². The molecule has 2 rings (SSSR count). The number of carboxylic acids is 1. The summed E-state index contributed by atoms with van der Waals surface area (Å²) in [7, 11) is 1.08. The van der Waals surface area contributed by atoms with Gasteiger partial charge in [0.25, 0.3) is 5.79 Å². The molecular weight excluding hydrogens is 452 g/mol. The summed E-state index contributed by atoms with van der Waals surface area (Å²) in [5.41, 5.74) is 1.22. The molecule has 0 saturated heterocycles. The number of esters is 2. The summed E-state index contributed by atoms with van der Waals surface area (Å²) in [5, 5.41) is 12.3. The van der Waals surface area contributed by atoms with Gasteiger partial charge in [-0.25, -0.2) is 4.79 Å². The Balaban J connectivity index is 1.98.